The number of hydrogen-bond acceptors (Lipinski definition) is 7. The Kier molecular flexibility index (Phi) is 6.19. The number of aromatic nitrogens is 4. The number of methoxy groups -OCH3 is 1. The minimum Gasteiger partial charge on any atom is -0.497 e. The molecule has 0 spiro atoms. The smallest absolute Gasteiger partial charge is 0.410 e. The van der Waals surface area contributed by atoms with Crippen molar-refractivity contribution in [3.05, 3.63) is 66.0 Å². The van der Waals surface area contributed by atoms with E-state index in [1.165, 1.54) is 0 Å². The van der Waals surface area contributed by atoms with E-state index in [1.807, 2.05) is 54.6 Å². The Morgan fingerprint density at radius 2 is 1.73 bits per heavy atom. The molecule has 3 aromatic rings. The fourth-order valence-corrected chi connectivity index (χ4v) is 3.33. The average Bonchev–Trinajstić information content (AvgIpc) is 3.27. The van der Waals surface area contributed by atoms with Crippen molar-refractivity contribution in [2.75, 3.05) is 33.3 Å². The van der Waals surface area contributed by atoms with E-state index < -0.39 is 0 Å². The number of rotatable bonds is 6. The topological polar surface area (TPSA) is 85.6 Å². The molecule has 9 nitrogen and oxygen atoms in total. The van der Waals surface area contributed by atoms with Gasteiger partial charge in [0.25, 0.3) is 0 Å². The zero-order valence-electron chi connectivity index (χ0n) is 16.8. The quantitative estimate of drug-likeness (QED) is 0.618. The number of piperazine rings is 1. The van der Waals surface area contributed by atoms with Crippen LogP contribution >= 0.6 is 0 Å². The van der Waals surface area contributed by atoms with Crippen LogP contribution in [0.2, 0.25) is 0 Å². The first-order chi connectivity index (χ1) is 14.7. The fourth-order valence-electron chi connectivity index (χ4n) is 3.33. The maximum Gasteiger partial charge on any atom is 0.410 e. The number of amides is 1. The van der Waals surface area contributed by atoms with Gasteiger partial charge in [0, 0.05) is 26.2 Å². The Balaban J connectivity index is 1.29. The van der Waals surface area contributed by atoms with Crippen LogP contribution in [0.15, 0.2) is 54.6 Å². The Bertz CT molecular complexity index is 952. The lowest BCUT2D eigenvalue weighted by Gasteiger charge is -2.33. The molecule has 0 radical (unpaired) electrons. The van der Waals surface area contributed by atoms with Gasteiger partial charge in [0.05, 0.1) is 19.3 Å². The van der Waals surface area contributed by atoms with E-state index in [2.05, 4.69) is 20.4 Å². The molecule has 2 aromatic carbocycles. The molecule has 1 aromatic heterocycles. The number of tetrazole rings is 1. The van der Waals surface area contributed by atoms with Gasteiger partial charge in [-0.05, 0) is 40.3 Å². The first-order valence-electron chi connectivity index (χ1n) is 9.82. The lowest BCUT2D eigenvalue weighted by Crippen LogP contribution is -2.48. The molecule has 1 fully saturated rings. The van der Waals surface area contributed by atoms with Crippen LogP contribution in [0.1, 0.15) is 11.4 Å². The number of carbonyl (C=O) groups excluding carboxylic acids is 1. The Morgan fingerprint density at radius 3 is 2.43 bits per heavy atom. The van der Waals surface area contributed by atoms with Crippen LogP contribution in [-0.4, -0.2) is 69.4 Å². The van der Waals surface area contributed by atoms with Crippen LogP contribution in [0.25, 0.3) is 5.69 Å². The summed E-state index contributed by atoms with van der Waals surface area (Å²) in [6, 6.07) is 17.3. The zero-order valence-corrected chi connectivity index (χ0v) is 16.8. The van der Waals surface area contributed by atoms with E-state index in [0.717, 1.165) is 35.9 Å². The van der Waals surface area contributed by atoms with Crippen molar-refractivity contribution in [2.45, 2.75) is 13.2 Å². The molecule has 1 amide bonds. The second kappa shape index (κ2) is 9.36. The number of carbonyl (C=O) groups is 1. The minimum absolute atomic E-state index is 0.276. The van der Waals surface area contributed by atoms with Gasteiger partial charge in [-0.15, -0.1) is 5.10 Å². The van der Waals surface area contributed by atoms with Gasteiger partial charge in [0.1, 0.15) is 12.4 Å². The van der Waals surface area contributed by atoms with Crippen molar-refractivity contribution in [3.63, 3.8) is 0 Å². The maximum atomic E-state index is 12.3. The maximum absolute atomic E-state index is 12.3. The average molecular weight is 408 g/mol. The van der Waals surface area contributed by atoms with Crippen LogP contribution < -0.4 is 4.74 Å². The normalized spacial score (nSPS) is 14.5. The molecule has 1 aliphatic rings. The second-order valence-electron chi connectivity index (χ2n) is 7.01. The van der Waals surface area contributed by atoms with E-state index in [1.54, 1.807) is 16.7 Å². The van der Waals surface area contributed by atoms with Crippen molar-refractivity contribution in [3.8, 4) is 11.4 Å². The first-order valence-corrected chi connectivity index (χ1v) is 9.82. The Labute approximate surface area is 174 Å². The van der Waals surface area contributed by atoms with Gasteiger partial charge in [0.15, 0.2) is 5.82 Å². The highest BCUT2D eigenvalue weighted by Crippen LogP contribution is 2.16. The summed E-state index contributed by atoms with van der Waals surface area (Å²) >= 11 is 0. The van der Waals surface area contributed by atoms with Gasteiger partial charge in [-0.2, -0.15) is 4.68 Å². The molecule has 0 N–H and O–H groups in total. The largest absolute Gasteiger partial charge is 0.497 e. The highest BCUT2D eigenvalue weighted by atomic mass is 16.6. The lowest BCUT2D eigenvalue weighted by atomic mass is 10.2. The van der Waals surface area contributed by atoms with Crippen molar-refractivity contribution in [1.29, 1.82) is 0 Å². The second-order valence-corrected chi connectivity index (χ2v) is 7.01. The zero-order chi connectivity index (χ0) is 20.8. The third-order valence-corrected chi connectivity index (χ3v) is 5.05. The summed E-state index contributed by atoms with van der Waals surface area (Å²) in [4.78, 5) is 16.3. The number of nitrogens with zero attached hydrogens (tertiary/aromatic N) is 6. The summed E-state index contributed by atoms with van der Waals surface area (Å²) in [5.74, 6) is 1.53. The fraction of sp³-hybridized carbons (Fsp3) is 0.333. The van der Waals surface area contributed by atoms with Crippen LogP contribution in [0, 0.1) is 0 Å². The highest BCUT2D eigenvalue weighted by molar-refractivity contribution is 5.67. The van der Waals surface area contributed by atoms with Crippen molar-refractivity contribution < 1.29 is 14.3 Å². The molecule has 1 aliphatic heterocycles. The van der Waals surface area contributed by atoms with Gasteiger partial charge < -0.3 is 14.4 Å². The van der Waals surface area contributed by atoms with Gasteiger partial charge in [-0.3, -0.25) is 4.90 Å². The van der Waals surface area contributed by atoms with Crippen molar-refractivity contribution in [2.24, 2.45) is 0 Å². The highest BCUT2D eigenvalue weighted by Gasteiger charge is 2.23. The third-order valence-electron chi connectivity index (χ3n) is 5.05. The predicted molar refractivity (Wildman–Crippen MR) is 109 cm³/mol. The molecule has 156 valence electrons. The predicted octanol–water partition coefficient (Wildman–Crippen LogP) is 2.13. The molecule has 0 bridgehead atoms. The van der Waals surface area contributed by atoms with Gasteiger partial charge in [-0.1, -0.05) is 30.3 Å². The first kappa shape index (κ1) is 19.8. The molecule has 0 saturated carbocycles. The van der Waals surface area contributed by atoms with Crippen LogP contribution in [0.5, 0.6) is 5.75 Å². The van der Waals surface area contributed by atoms with Gasteiger partial charge >= 0.3 is 6.09 Å². The SMILES string of the molecule is COc1ccc(-n2nnnc2CN2CCN(C(=O)OCc3ccccc3)CC2)cc1. The van der Waals surface area contributed by atoms with Crippen LogP contribution in [0.3, 0.4) is 0 Å². The molecular weight excluding hydrogens is 384 g/mol. The van der Waals surface area contributed by atoms with E-state index in [4.69, 9.17) is 9.47 Å². The number of ether oxygens (including phenoxy) is 2. The molecule has 0 atom stereocenters. The summed E-state index contributed by atoms with van der Waals surface area (Å²) in [5.41, 5.74) is 1.86. The van der Waals surface area contributed by atoms with E-state index in [-0.39, 0.29) is 12.7 Å². The van der Waals surface area contributed by atoms with Crippen molar-refractivity contribution in [1.82, 2.24) is 30.0 Å². The Hall–Kier alpha value is -3.46. The molecule has 0 unspecified atom stereocenters. The standard InChI is InChI=1S/C21H24N6O3/c1-29-19-9-7-18(8-10-19)27-20(22-23-24-27)15-25-11-13-26(14-12-25)21(28)30-16-17-5-3-2-4-6-17/h2-10H,11-16H2,1H3. The molecule has 0 aliphatic carbocycles. The number of benzene rings is 2. The molecular formula is C21H24N6O3. The lowest BCUT2D eigenvalue weighted by molar-refractivity contribution is 0.0693. The third kappa shape index (κ3) is 4.74. The molecule has 2 heterocycles. The van der Waals surface area contributed by atoms with Gasteiger partial charge in [0.2, 0.25) is 0 Å². The molecule has 1 saturated heterocycles. The summed E-state index contributed by atoms with van der Waals surface area (Å²) in [5, 5.41) is 12.1. The molecule has 9 heteroatoms. The monoisotopic (exact) mass is 408 g/mol. The summed E-state index contributed by atoms with van der Waals surface area (Å²) in [7, 11) is 1.63. The summed E-state index contributed by atoms with van der Waals surface area (Å²) < 4.78 is 12.3. The van der Waals surface area contributed by atoms with Crippen LogP contribution in [0.4, 0.5) is 4.79 Å². The molecule has 30 heavy (non-hydrogen) atoms. The summed E-state index contributed by atoms with van der Waals surface area (Å²) in [6.45, 7) is 3.57. The molecule has 4 rings (SSSR count). The Morgan fingerprint density at radius 1 is 1.00 bits per heavy atom. The minimum atomic E-state index is -0.276. The van der Waals surface area contributed by atoms with E-state index >= 15 is 0 Å². The van der Waals surface area contributed by atoms with E-state index in [9.17, 15) is 4.79 Å². The van der Waals surface area contributed by atoms with Crippen molar-refractivity contribution >= 4 is 6.09 Å². The van der Waals surface area contributed by atoms with Gasteiger partial charge in [-0.25, -0.2) is 4.79 Å². The summed E-state index contributed by atoms with van der Waals surface area (Å²) in [6.07, 6.45) is -0.276. The number of hydrogen-bond donors (Lipinski definition) is 0. The van der Waals surface area contributed by atoms with E-state index in [0.29, 0.717) is 19.6 Å². The van der Waals surface area contributed by atoms with Crippen LogP contribution in [-0.2, 0) is 17.9 Å².